The van der Waals surface area contributed by atoms with Crippen LogP contribution in [-0.2, 0) is 4.79 Å². The average molecular weight is 248 g/mol. The number of unbranched alkanes of at least 4 members (excludes halogenated alkanes) is 1. The van der Waals surface area contributed by atoms with Gasteiger partial charge in [-0.05, 0) is 25.8 Å². The van der Waals surface area contributed by atoms with Crippen molar-refractivity contribution in [3.05, 3.63) is 35.4 Å². The van der Waals surface area contributed by atoms with Crippen molar-refractivity contribution in [2.75, 3.05) is 0 Å². The highest BCUT2D eigenvalue weighted by molar-refractivity contribution is 5.81. The third-order valence-corrected chi connectivity index (χ3v) is 3.14. The minimum absolute atomic E-state index is 0.00535. The number of nitrogens with one attached hydrogen (secondary N) is 1. The van der Waals surface area contributed by atoms with Crippen LogP contribution < -0.4 is 11.1 Å². The quantitative estimate of drug-likeness (QED) is 0.813. The fourth-order valence-corrected chi connectivity index (χ4v) is 1.81. The van der Waals surface area contributed by atoms with Gasteiger partial charge in [0.05, 0.1) is 12.1 Å². The van der Waals surface area contributed by atoms with E-state index in [1.807, 2.05) is 26.0 Å². The highest BCUT2D eigenvalue weighted by Gasteiger charge is 2.15. The Hall–Kier alpha value is -1.35. The van der Waals surface area contributed by atoms with Crippen molar-refractivity contribution >= 4 is 5.91 Å². The minimum atomic E-state index is -0.391. The van der Waals surface area contributed by atoms with Crippen LogP contribution in [0.4, 0.5) is 0 Å². The van der Waals surface area contributed by atoms with Crippen LogP contribution in [0.15, 0.2) is 24.3 Å². The van der Waals surface area contributed by atoms with Gasteiger partial charge in [0.2, 0.25) is 5.91 Å². The molecule has 3 heteroatoms. The van der Waals surface area contributed by atoms with Crippen LogP contribution >= 0.6 is 0 Å². The standard InChI is InChI=1S/C15H24N2O/c1-4-5-6-14(16)15(18)17-12(3)13-9-7-11(2)8-10-13/h7-10,12,14H,4-6,16H2,1-3H3,(H,17,18)/t12-,14?/m0/s1. The lowest BCUT2D eigenvalue weighted by Gasteiger charge is -2.18. The van der Waals surface area contributed by atoms with Gasteiger partial charge in [0.25, 0.3) is 0 Å². The Morgan fingerprint density at radius 3 is 2.50 bits per heavy atom. The summed E-state index contributed by atoms with van der Waals surface area (Å²) in [4.78, 5) is 11.9. The SMILES string of the molecule is CCCCC(N)C(=O)N[C@@H](C)c1ccc(C)cc1. The van der Waals surface area contributed by atoms with E-state index in [1.165, 1.54) is 5.56 Å². The largest absolute Gasteiger partial charge is 0.348 e. The molecule has 0 bridgehead atoms. The number of amides is 1. The first-order valence-electron chi connectivity index (χ1n) is 6.67. The van der Waals surface area contributed by atoms with Gasteiger partial charge in [-0.15, -0.1) is 0 Å². The van der Waals surface area contributed by atoms with Gasteiger partial charge in [0.1, 0.15) is 0 Å². The fourth-order valence-electron chi connectivity index (χ4n) is 1.81. The minimum Gasteiger partial charge on any atom is -0.348 e. The second-order valence-corrected chi connectivity index (χ2v) is 4.89. The zero-order chi connectivity index (χ0) is 13.5. The van der Waals surface area contributed by atoms with Crippen molar-refractivity contribution in [1.82, 2.24) is 5.32 Å². The Morgan fingerprint density at radius 2 is 1.94 bits per heavy atom. The van der Waals surface area contributed by atoms with Gasteiger partial charge in [0.15, 0.2) is 0 Å². The second kappa shape index (κ2) is 7.17. The number of benzene rings is 1. The Balaban J connectivity index is 2.51. The topological polar surface area (TPSA) is 55.1 Å². The van der Waals surface area contributed by atoms with E-state index >= 15 is 0 Å². The Morgan fingerprint density at radius 1 is 1.33 bits per heavy atom. The second-order valence-electron chi connectivity index (χ2n) is 4.89. The molecule has 0 aromatic heterocycles. The van der Waals surface area contributed by atoms with Crippen LogP contribution in [0.25, 0.3) is 0 Å². The first-order valence-corrected chi connectivity index (χ1v) is 6.67. The number of aryl methyl sites for hydroxylation is 1. The smallest absolute Gasteiger partial charge is 0.237 e. The molecule has 1 aromatic carbocycles. The maximum Gasteiger partial charge on any atom is 0.237 e. The van der Waals surface area contributed by atoms with Crippen molar-refractivity contribution in [3.63, 3.8) is 0 Å². The van der Waals surface area contributed by atoms with E-state index in [1.54, 1.807) is 0 Å². The predicted molar refractivity (Wildman–Crippen MR) is 75.2 cm³/mol. The van der Waals surface area contributed by atoms with Crippen molar-refractivity contribution < 1.29 is 4.79 Å². The molecule has 3 nitrogen and oxygen atoms in total. The molecule has 2 atom stereocenters. The first-order chi connectivity index (χ1) is 8.54. The van der Waals surface area contributed by atoms with Crippen LogP contribution in [0.5, 0.6) is 0 Å². The van der Waals surface area contributed by atoms with Crippen molar-refractivity contribution in [2.45, 2.75) is 52.1 Å². The molecule has 0 aliphatic rings. The van der Waals surface area contributed by atoms with E-state index in [4.69, 9.17) is 5.73 Å². The zero-order valence-electron chi connectivity index (χ0n) is 11.6. The summed E-state index contributed by atoms with van der Waals surface area (Å²) in [7, 11) is 0. The molecule has 1 unspecified atom stereocenters. The van der Waals surface area contributed by atoms with Crippen LogP contribution in [-0.4, -0.2) is 11.9 Å². The molecular weight excluding hydrogens is 224 g/mol. The van der Waals surface area contributed by atoms with Crippen LogP contribution in [0.2, 0.25) is 0 Å². The number of hydrogen-bond donors (Lipinski definition) is 2. The monoisotopic (exact) mass is 248 g/mol. The van der Waals surface area contributed by atoms with Crippen molar-refractivity contribution in [2.24, 2.45) is 5.73 Å². The normalized spacial score (nSPS) is 14.0. The van der Waals surface area contributed by atoms with Gasteiger partial charge in [0, 0.05) is 0 Å². The third-order valence-electron chi connectivity index (χ3n) is 3.14. The van der Waals surface area contributed by atoms with Crippen molar-refractivity contribution in [1.29, 1.82) is 0 Å². The lowest BCUT2D eigenvalue weighted by molar-refractivity contribution is -0.123. The Bertz CT molecular complexity index is 373. The van der Waals surface area contributed by atoms with Crippen LogP contribution in [0.3, 0.4) is 0 Å². The number of nitrogens with two attached hydrogens (primary N) is 1. The molecule has 0 heterocycles. The molecule has 0 aliphatic carbocycles. The summed E-state index contributed by atoms with van der Waals surface area (Å²) in [5.41, 5.74) is 8.17. The van der Waals surface area contributed by atoms with Crippen LogP contribution in [0, 0.1) is 6.92 Å². The Kier molecular flexibility index (Phi) is 5.86. The number of hydrogen-bond acceptors (Lipinski definition) is 2. The fraction of sp³-hybridized carbons (Fsp3) is 0.533. The van der Waals surface area contributed by atoms with Crippen LogP contribution in [0.1, 0.15) is 50.3 Å². The molecule has 1 rings (SSSR count). The molecule has 0 spiro atoms. The molecule has 0 fully saturated rings. The molecule has 0 aliphatic heterocycles. The van der Waals surface area contributed by atoms with Gasteiger partial charge in [-0.3, -0.25) is 4.79 Å². The van der Waals surface area contributed by atoms with E-state index in [0.717, 1.165) is 24.8 Å². The molecular formula is C15H24N2O. The molecule has 1 amide bonds. The van der Waals surface area contributed by atoms with Gasteiger partial charge in [-0.25, -0.2) is 0 Å². The maximum absolute atomic E-state index is 11.9. The summed E-state index contributed by atoms with van der Waals surface area (Å²) >= 11 is 0. The summed E-state index contributed by atoms with van der Waals surface area (Å²) in [6, 6.07) is 7.79. The molecule has 100 valence electrons. The predicted octanol–water partition coefficient (Wildman–Crippen LogP) is 2.69. The Labute approximate surface area is 110 Å². The van der Waals surface area contributed by atoms with E-state index in [2.05, 4.69) is 24.4 Å². The molecule has 1 aromatic rings. The third kappa shape index (κ3) is 4.49. The summed E-state index contributed by atoms with van der Waals surface area (Å²) in [6.45, 7) is 6.13. The molecule has 3 N–H and O–H groups in total. The lowest BCUT2D eigenvalue weighted by Crippen LogP contribution is -2.41. The number of rotatable bonds is 6. The molecule has 0 saturated carbocycles. The maximum atomic E-state index is 11.9. The van der Waals surface area contributed by atoms with Gasteiger partial charge in [-0.1, -0.05) is 49.6 Å². The summed E-state index contributed by atoms with van der Waals surface area (Å²) in [6.07, 6.45) is 2.81. The van der Waals surface area contributed by atoms with Gasteiger partial charge in [-0.2, -0.15) is 0 Å². The number of carbonyl (C=O) groups is 1. The number of carbonyl (C=O) groups excluding carboxylic acids is 1. The van der Waals surface area contributed by atoms with Gasteiger partial charge >= 0.3 is 0 Å². The zero-order valence-corrected chi connectivity index (χ0v) is 11.6. The molecule has 18 heavy (non-hydrogen) atoms. The van der Waals surface area contributed by atoms with E-state index < -0.39 is 6.04 Å². The summed E-state index contributed by atoms with van der Waals surface area (Å²) < 4.78 is 0. The van der Waals surface area contributed by atoms with Crippen molar-refractivity contribution in [3.8, 4) is 0 Å². The lowest BCUT2D eigenvalue weighted by atomic mass is 10.1. The highest BCUT2D eigenvalue weighted by atomic mass is 16.2. The average Bonchev–Trinajstić information content (AvgIpc) is 2.36. The summed E-state index contributed by atoms with van der Waals surface area (Å²) in [5, 5.41) is 2.96. The van der Waals surface area contributed by atoms with Gasteiger partial charge < -0.3 is 11.1 Å². The molecule has 0 radical (unpaired) electrons. The highest BCUT2D eigenvalue weighted by Crippen LogP contribution is 2.13. The summed E-state index contributed by atoms with van der Waals surface area (Å²) in [5.74, 6) is -0.0588. The van der Waals surface area contributed by atoms with E-state index in [0.29, 0.717) is 0 Å². The van der Waals surface area contributed by atoms with E-state index in [-0.39, 0.29) is 11.9 Å². The molecule has 0 saturated heterocycles. The first kappa shape index (κ1) is 14.7. The van der Waals surface area contributed by atoms with E-state index in [9.17, 15) is 4.79 Å².